The number of hydrogen-bond donors (Lipinski definition) is 0. The number of aryl methyl sites for hydroxylation is 1. The molecule has 1 aliphatic heterocycles. The summed E-state index contributed by atoms with van der Waals surface area (Å²) < 4.78 is 7.46. The van der Waals surface area contributed by atoms with Crippen LogP contribution in [0.2, 0.25) is 0 Å². The molecule has 178 valence electrons. The Morgan fingerprint density at radius 3 is 2.40 bits per heavy atom. The number of nitrogens with zero attached hydrogens (tertiary/aromatic N) is 6. The Morgan fingerprint density at radius 1 is 0.943 bits per heavy atom. The molecule has 1 fully saturated rings. The summed E-state index contributed by atoms with van der Waals surface area (Å²) in [7, 11) is 1.67. The van der Waals surface area contributed by atoms with Crippen LogP contribution in [0.1, 0.15) is 5.56 Å². The van der Waals surface area contributed by atoms with Crippen LogP contribution in [0.25, 0.3) is 22.6 Å². The number of anilines is 1. The molecule has 0 spiro atoms. The van der Waals surface area contributed by atoms with Crippen LogP contribution in [0.5, 0.6) is 5.75 Å². The number of carbonyl (C=O) groups is 1. The first-order chi connectivity index (χ1) is 17.1. The largest absolute Gasteiger partial charge is 0.496 e. The van der Waals surface area contributed by atoms with Crippen molar-refractivity contribution in [2.45, 2.75) is 13.5 Å². The predicted molar refractivity (Wildman–Crippen MR) is 135 cm³/mol. The van der Waals surface area contributed by atoms with E-state index in [1.807, 2.05) is 71.1 Å². The summed E-state index contributed by atoms with van der Waals surface area (Å²) in [6, 6.07) is 17.8. The van der Waals surface area contributed by atoms with Crippen LogP contribution in [-0.2, 0) is 11.3 Å². The molecule has 1 saturated heterocycles. The molecule has 1 aliphatic rings. The molecule has 0 N–H and O–H groups in total. The van der Waals surface area contributed by atoms with Crippen molar-refractivity contribution in [1.82, 2.24) is 24.4 Å². The summed E-state index contributed by atoms with van der Waals surface area (Å²) in [6.07, 6.45) is 5.44. The molecule has 0 saturated carbocycles. The topological polar surface area (TPSA) is 76.4 Å². The van der Waals surface area contributed by atoms with E-state index in [0.717, 1.165) is 34.0 Å². The van der Waals surface area contributed by atoms with Gasteiger partial charge in [-0.15, -0.1) is 0 Å². The van der Waals surface area contributed by atoms with Crippen LogP contribution in [0.15, 0.2) is 73.2 Å². The first-order valence-electron chi connectivity index (χ1n) is 11.7. The van der Waals surface area contributed by atoms with E-state index in [1.54, 1.807) is 25.6 Å². The highest BCUT2D eigenvalue weighted by molar-refractivity contribution is 5.78. The van der Waals surface area contributed by atoms with Crippen LogP contribution < -0.4 is 9.64 Å². The molecule has 1 amide bonds. The van der Waals surface area contributed by atoms with Gasteiger partial charge in [0.2, 0.25) is 11.9 Å². The van der Waals surface area contributed by atoms with E-state index in [1.165, 1.54) is 0 Å². The van der Waals surface area contributed by atoms with Gasteiger partial charge in [-0.05, 0) is 24.6 Å². The smallest absolute Gasteiger partial charge is 0.242 e. The SMILES string of the molecule is COc1cc(-c2cn(CC(=O)N3CCN(c4ncccn4)CC3)c(-c3ccccc3)n2)ccc1C. The highest BCUT2D eigenvalue weighted by Gasteiger charge is 2.24. The Labute approximate surface area is 204 Å². The fourth-order valence-electron chi connectivity index (χ4n) is 4.33. The molecule has 35 heavy (non-hydrogen) atoms. The molecular weight excluding hydrogens is 440 g/mol. The number of piperazine rings is 1. The van der Waals surface area contributed by atoms with Crippen molar-refractivity contribution >= 4 is 11.9 Å². The number of imidazole rings is 1. The maximum absolute atomic E-state index is 13.3. The maximum atomic E-state index is 13.3. The van der Waals surface area contributed by atoms with Crippen molar-refractivity contribution in [2.75, 3.05) is 38.2 Å². The second kappa shape index (κ2) is 9.97. The molecule has 0 bridgehead atoms. The van der Waals surface area contributed by atoms with Gasteiger partial charge in [0.25, 0.3) is 0 Å². The number of ether oxygens (including phenoxy) is 1. The van der Waals surface area contributed by atoms with E-state index in [0.29, 0.717) is 32.1 Å². The number of hydrogen-bond acceptors (Lipinski definition) is 6. The Morgan fingerprint density at radius 2 is 1.69 bits per heavy atom. The summed E-state index contributed by atoms with van der Waals surface area (Å²) >= 11 is 0. The molecule has 0 atom stereocenters. The van der Waals surface area contributed by atoms with Crippen molar-refractivity contribution in [1.29, 1.82) is 0 Å². The lowest BCUT2D eigenvalue weighted by molar-refractivity contribution is -0.132. The van der Waals surface area contributed by atoms with Crippen LogP contribution in [0, 0.1) is 6.92 Å². The first-order valence-corrected chi connectivity index (χ1v) is 11.7. The monoisotopic (exact) mass is 468 g/mol. The third kappa shape index (κ3) is 4.87. The van der Waals surface area contributed by atoms with Gasteiger partial charge >= 0.3 is 0 Å². The van der Waals surface area contributed by atoms with Crippen molar-refractivity contribution in [2.24, 2.45) is 0 Å². The summed E-state index contributed by atoms with van der Waals surface area (Å²) in [5.41, 5.74) is 3.79. The molecule has 2 aromatic carbocycles. The molecule has 8 heteroatoms. The molecule has 0 aliphatic carbocycles. The Balaban J connectivity index is 1.37. The number of amides is 1. The molecule has 8 nitrogen and oxygen atoms in total. The van der Waals surface area contributed by atoms with Crippen LogP contribution in [-0.4, -0.2) is 63.6 Å². The maximum Gasteiger partial charge on any atom is 0.242 e. The van der Waals surface area contributed by atoms with E-state index in [-0.39, 0.29) is 12.5 Å². The zero-order chi connectivity index (χ0) is 24.2. The summed E-state index contributed by atoms with van der Waals surface area (Å²) in [5.74, 6) is 2.36. The summed E-state index contributed by atoms with van der Waals surface area (Å²) in [4.78, 5) is 30.9. The second-order valence-electron chi connectivity index (χ2n) is 8.54. The highest BCUT2D eigenvalue weighted by Crippen LogP contribution is 2.29. The van der Waals surface area contributed by atoms with E-state index >= 15 is 0 Å². The zero-order valence-electron chi connectivity index (χ0n) is 20.0. The number of methoxy groups -OCH3 is 1. The Bertz CT molecular complexity index is 1300. The molecular formula is C27H28N6O2. The standard InChI is InChI=1S/C27H28N6O2/c1-20-9-10-22(17-24(20)35-2)23-18-33(26(30-23)21-7-4-3-5-8-21)19-25(34)31-13-15-32(16-14-31)27-28-11-6-12-29-27/h3-12,17-18H,13-16,19H2,1-2H3. The first kappa shape index (κ1) is 22.6. The van der Waals surface area contributed by atoms with E-state index in [9.17, 15) is 4.79 Å². The van der Waals surface area contributed by atoms with Crippen molar-refractivity contribution in [3.63, 3.8) is 0 Å². The lowest BCUT2D eigenvalue weighted by Crippen LogP contribution is -2.50. The third-order valence-electron chi connectivity index (χ3n) is 6.29. The van der Waals surface area contributed by atoms with Gasteiger partial charge in [-0.25, -0.2) is 15.0 Å². The summed E-state index contributed by atoms with van der Waals surface area (Å²) in [5, 5.41) is 0. The Hall–Kier alpha value is -4.20. The van der Waals surface area contributed by atoms with Crippen LogP contribution in [0.3, 0.4) is 0 Å². The average Bonchev–Trinajstić information content (AvgIpc) is 3.33. The minimum Gasteiger partial charge on any atom is -0.496 e. The van der Waals surface area contributed by atoms with E-state index < -0.39 is 0 Å². The lowest BCUT2D eigenvalue weighted by atomic mass is 10.1. The van der Waals surface area contributed by atoms with Gasteiger partial charge in [0.15, 0.2) is 0 Å². The highest BCUT2D eigenvalue weighted by atomic mass is 16.5. The van der Waals surface area contributed by atoms with Crippen molar-refractivity contribution in [3.05, 3.63) is 78.8 Å². The van der Waals surface area contributed by atoms with E-state index in [2.05, 4.69) is 14.9 Å². The minimum atomic E-state index is 0.0706. The van der Waals surface area contributed by atoms with Gasteiger partial charge in [0.05, 0.1) is 12.8 Å². The fraction of sp³-hybridized carbons (Fsp3) is 0.259. The molecule has 2 aromatic heterocycles. The molecule has 3 heterocycles. The van der Waals surface area contributed by atoms with Crippen LogP contribution >= 0.6 is 0 Å². The minimum absolute atomic E-state index is 0.0706. The molecule has 0 unspecified atom stereocenters. The van der Waals surface area contributed by atoms with Gasteiger partial charge in [-0.2, -0.15) is 0 Å². The third-order valence-corrected chi connectivity index (χ3v) is 6.29. The van der Waals surface area contributed by atoms with E-state index in [4.69, 9.17) is 9.72 Å². The number of carbonyl (C=O) groups excluding carboxylic acids is 1. The van der Waals surface area contributed by atoms with Crippen molar-refractivity contribution < 1.29 is 9.53 Å². The number of aromatic nitrogens is 4. The van der Waals surface area contributed by atoms with Gasteiger partial charge in [-0.1, -0.05) is 42.5 Å². The second-order valence-corrected chi connectivity index (χ2v) is 8.54. The van der Waals surface area contributed by atoms with Crippen LogP contribution in [0.4, 0.5) is 5.95 Å². The van der Waals surface area contributed by atoms with Gasteiger partial charge < -0.3 is 19.1 Å². The zero-order valence-corrected chi connectivity index (χ0v) is 20.0. The van der Waals surface area contributed by atoms with Gasteiger partial charge in [-0.3, -0.25) is 4.79 Å². The van der Waals surface area contributed by atoms with Gasteiger partial charge in [0, 0.05) is 55.9 Å². The molecule has 5 rings (SSSR count). The summed E-state index contributed by atoms with van der Waals surface area (Å²) in [6.45, 7) is 4.92. The normalized spacial score (nSPS) is 13.7. The van der Waals surface area contributed by atoms with Crippen molar-refractivity contribution in [3.8, 4) is 28.4 Å². The average molecular weight is 469 g/mol. The molecule has 4 aromatic rings. The number of benzene rings is 2. The lowest BCUT2D eigenvalue weighted by Gasteiger charge is -2.34. The fourth-order valence-corrected chi connectivity index (χ4v) is 4.33. The molecule has 0 radical (unpaired) electrons. The number of rotatable bonds is 6. The predicted octanol–water partition coefficient (Wildman–Crippen LogP) is 3.67. The quantitative estimate of drug-likeness (QED) is 0.430. The Kier molecular flexibility index (Phi) is 6.43. The van der Waals surface area contributed by atoms with Gasteiger partial charge in [0.1, 0.15) is 18.1 Å².